The summed E-state index contributed by atoms with van der Waals surface area (Å²) in [5.41, 5.74) is 6.67. The number of aromatic nitrogens is 1. The van der Waals surface area contributed by atoms with Crippen LogP contribution in [0.15, 0.2) is 24.4 Å². The van der Waals surface area contributed by atoms with Crippen molar-refractivity contribution in [3.05, 3.63) is 30.1 Å². The topological polar surface area (TPSA) is 68.0 Å². The van der Waals surface area contributed by atoms with Crippen molar-refractivity contribution in [1.29, 1.82) is 0 Å². The molecule has 74 valence electrons. The molecule has 0 aliphatic carbocycles. The predicted molar refractivity (Wildman–Crippen MR) is 52.6 cm³/mol. The Balaban J connectivity index is 2.11. The van der Waals surface area contributed by atoms with E-state index in [1.54, 1.807) is 6.20 Å². The van der Waals surface area contributed by atoms with Gasteiger partial charge in [0.2, 0.25) is 5.91 Å². The summed E-state index contributed by atoms with van der Waals surface area (Å²) in [7, 11) is 0. The number of piperidine rings is 1. The highest BCUT2D eigenvalue weighted by atomic mass is 16.2. The minimum absolute atomic E-state index is 0.0582. The summed E-state index contributed by atoms with van der Waals surface area (Å²) in [4.78, 5) is 15.4. The molecule has 1 aliphatic heterocycles. The second kappa shape index (κ2) is 3.75. The van der Waals surface area contributed by atoms with Crippen LogP contribution in [0.5, 0.6) is 0 Å². The lowest BCUT2D eigenvalue weighted by Crippen LogP contribution is -2.48. The van der Waals surface area contributed by atoms with Crippen molar-refractivity contribution in [2.24, 2.45) is 5.73 Å². The highest BCUT2D eigenvalue weighted by Gasteiger charge is 2.26. The maximum atomic E-state index is 11.1. The Kier molecular flexibility index (Phi) is 2.45. The van der Waals surface area contributed by atoms with Gasteiger partial charge in [0.05, 0.1) is 6.04 Å². The molecule has 1 aromatic rings. The average Bonchev–Trinajstić information content (AvgIpc) is 2.23. The van der Waals surface area contributed by atoms with E-state index in [0.717, 1.165) is 5.69 Å². The Hall–Kier alpha value is -1.42. The first kappa shape index (κ1) is 9.15. The van der Waals surface area contributed by atoms with E-state index in [-0.39, 0.29) is 11.8 Å². The molecule has 1 amide bonds. The fourth-order valence-corrected chi connectivity index (χ4v) is 1.69. The standard InChI is InChI=1S/C10H13N3O/c11-8-5-7(6-13-10(8)14)9-3-1-2-4-12-9/h1-4,7-8H,5-6,11H2,(H,13,14). The van der Waals surface area contributed by atoms with Crippen molar-refractivity contribution in [2.75, 3.05) is 6.54 Å². The van der Waals surface area contributed by atoms with Crippen LogP contribution in [-0.4, -0.2) is 23.5 Å². The average molecular weight is 191 g/mol. The number of rotatable bonds is 1. The van der Waals surface area contributed by atoms with E-state index in [9.17, 15) is 4.79 Å². The minimum atomic E-state index is -0.393. The first-order valence-electron chi connectivity index (χ1n) is 4.71. The number of carbonyl (C=O) groups excluding carboxylic acids is 1. The fourth-order valence-electron chi connectivity index (χ4n) is 1.69. The molecular formula is C10H13N3O. The number of hydrogen-bond acceptors (Lipinski definition) is 3. The summed E-state index contributed by atoms with van der Waals surface area (Å²) in [5, 5.41) is 2.78. The molecular weight excluding hydrogens is 178 g/mol. The molecule has 2 rings (SSSR count). The van der Waals surface area contributed by atoms with E-state index in [1.165, 1.54) is 0 Å². The second-order valence-electron chi connectivity index (χ2n) is 3.54. The minimum Gasteiger partial charge on any atom is -0.354 e. The molecule has 2 heterocycles. The quantitative estimate of drug-likeness (QED) is 0.657. The summed E-state index contributed by atoms with van der Waals surface area (Å²) in [6, 6.07) is 5.40. The summed E-state index contributed by atoms with van der Waals surface area (Å²) in [6.07, 6.45) is 2.44. The molecule has 14 heavy (non-hydrogen) atoms. The fraction of sp³-hybridized carbons (Fsp3) is 0.400. The van der Waals surface area contributed by atoms with Crippen LogP contribution in [0.2, 0.25) is 0 Å². The van der Waals surface area contributed by atoms with Crippen molar-refractivity contribution < 1.29 is 4.79 Å². The molecule has 0 aromatic carbocycles. The maximum absolute atomic E-state index is 11.1. The lowest BCUT2D eigenvalue weighted by molar-refractivity contribution is -0.123. The summed E-state index contributed by atoms with van der Waals surface area (Å²) in [6.45, 7) is 0.642. The normalized spacial score (nSPS) is 27.1. The molecule has 1 saturated heterocycles. The van der Waals surface area contributed by atoms with E-state index >= 15 is 0 Å². The van der Waals surface area contributed by atoms with Crippen LogP contribution < -0.4 is 11.1 Å². The van der Waals surface area contributed by atoms with Gasteiger partial charge in [0.1, 0.15) is 0 Å². The van der Waals surface area contributed by atoms with Crippen LogP contribution in [0, 0.1) is 0 Å². The summed E-state index contributed by atoms with van der Waals surface area (Å²) < 4.78 is 0. The third kappa shape index (κ3) is 1.75. The number of nitrogens with zero attached hydrogens (tertiary/aromatic N) is 1. The van der Waals surface area contributed by atoms with Crippen LogP contribution in [-0.2, 0) is 4.79 Å². The highest BCUT2D eigenvalue weighted by molar-refractivity contribution is 5.82. The molecule has 3 N–H and O–H groups in total. The Morgan fingerprint density at radius 1 is 1.50 bits per heavy atom. The van der Waals surface area contributed by atoms with Gasteiger partial charge in [-0.1, -0.05) is 6.07 Å². The van der Waals surface area contributed by atoms with Gasteiger partial charge in [-0.15, -0.1) is 0 Å². The van der Waals surface area contributed by atoms with Crippen molar-refractivity contribution in [3.63, 3.8) is 0 Å². The maximum Gasteiger partial charge on any atom is 0.236 e. The highest BCUT2D eigenvalue weighted by Crippen LogP contribution is 2.20. The number of hydrogen-bond donors (Lipinski definition) is 2. The third-order valence-corrected chi connectivity index (χ3v) is 2.50. The molecule has 1 fully saturated rings. The second-order valence-corrected chi connectivity index (χ2v) is 3.54. The van der Waals surface area contributed by atoms with E-state index in [1.807, 2.05) is 18.2 Å². The number of carbonyl (C=O) groups is 1. The van der Waals surface area contributed by atoms with Gasteiger partial charge in [0, 0.05) is 24.4 Å². The number of nitrogens with one attached hydrogen (secondary N) is 1. The molecule has 0 saturated carbocycles. The Labute approximate surface area is 82.5 Å². The zero-order valence-electron chi connectivity index (χ0n) is 7.81. The molecule has 4 heteroatoms. The van der Waals surface area contributed by atoms with Gasteiger partial charge in [-0.2, -0.15) is 0 Å². The van der Waals surface area contributed by atoms with E-state index in [4.69, 9.17) is 5.73 Å². The molecule has 2 atom stereocenters. The SMILES string of the molecule is NC1CC(c2ccccn2)CNC1=O. The van der Waals surface area contributed by atoms with Gasteiger partial charge in [-0.25, -0.2) is 0 Å². The molecule has 0 spiro atoms. The summed E-state index contributed by atoms with van der Waals surface area (Å²) in [5.74, 6) is 0.195. The molecule has 2 unspecified atom stereocenters. The lowest BCUT2D eigenvalue weighted by Gasteiger charge is -2.26. The van der Waals surface area contributed by atoms with Crippen LogP contribution in [0.1, 0.15) is 18.0 Å². The number of pyridine rings is 1. The van der Waals surface area contributed by atoms with Gasteiger partial charge < -0.3 is 11.1 Å². The van der Waals surface area contributed by atoms with E-state index in [2.05, 4.69) is 10.3 Å². The zero-order chi connectivity index (χ0) is 9.97. The molecule has 4 nitrogen and oxygen atoms in total. The van der Waals surface area contributed by atoms with Gasteiger partial charge >= 0.3 is 0 Å². The summed E-state index contributed by atoms with van der Waals surface area (Å²) >= 11 is 0. The van der Waals surface area contributed by atoms with Crippen molar-refractivity contribution in [2.45, 2.75) is 18.4 Å². The first-order valence-corrected chi connectivity index (χ1v) is 4.71. The van der Waals surface area contributed by atoms with Crippen LogP contribution in [0.3, 0.4) is 0 Å². The lowest BCUT2D eigenvalue weighted by atomic mass is 9.92. The monoisotopic (exact) mass is 191 g/mol. The first-order chi connectivity index (χ1) is 6.77. The number of nitrogens with two attached hydrogens (primary N) is 1. The van der Waals surface area contributed by atoms with Gasteiger partial charge in [0.15, 0.2) is 0 Å². The van der Waals surface area contributed by atoms with Gasteiger partial charge in [-0.3, -0.25) is 9.78 Å². The predicted octanol–water partition coefficient (Wildman–Crippen LogP) is 0.0124. The molecule has 1 aromatic heterocycles. The van der Waals surface area contributed by atoms with E-state index in [0.29, 0.717) is 13.0 Å². The Bertz CT molecular complexity index is 325. The van der Waals surface area contributed by atoms with Gasteiger partial charge in [-0.05, 0) is 18.6 Å². The van der Waals surface area contributed by atoms with Crippen molar-refractivity contribution in [1.82, 2.24) is 10.3 Å². The van der Waals surface area contributed by atoms with Crippen LogP contribution in [0.25, 0.3) is 0 Å². The Morgan fingerprint density at radius 3 is 3.00 bits per heavy atom. The van der Waals surface area contributed by atoms with Crippen LogP contribution >= 0.6 is 0 Å². The van der Waals surface area contributed by atoms with Crippen molar-refractivity contribution >= 4 is 5.91 Å². The molecule has 0 radical (unpaired) electrons. The zero-order valence-corrected chi connectivity index (χ0v) is 7.81. The van der Waals surface area contributed by atoms with E-state index < -0.39 is 6.04 Å². The van der Waals surface area contributed by atoms with Gasteiger partial charge in [0.25, 0.3) is 0 Å². The molecule has 0 bridgehead atoms. The smallest absolute Gasteiger partial charge is 0.236 e. The number of amides is 1. The Morgan fingerprint density at radius 2 is 2.36 bits per heavy atom. The molecule has 1 aliphatic rings. The largest absolute Gasteiger partial charge is 0.354 e. The van der Waals surface area contributed by atoms with Crippen molar-refractivity contribution in [3.8, 4) is 0 Å². The van der Waals surface area contributed by atoms with Crippen LogP contribution in [0.4, 0.5) is 0 Å². The third-order valence-electron chi connectivity index (χ3n) is 2.50.